The average Bonchev–Trinajstić information content (AvgIpc) is 2.77. The molecule has 0 heterocycles. The molecule has 1 N–H and O–H groups in total. The second-order valence-electron chi connectivity index (χ2n) is 8.45. The van der Waals surface area contributed by atoms with Crippen LogP contribution >= 0.6 is 0 Å². The molecule has 5 unspecified atom stereocenters. The first-order chi connectivity index (χ1) is 10.4. The van der Waals surface area contributed by atoms with Crippen LogP contribution in [0.25, 0.3) is 0 Å². The van der Waals surface area contributed by atoms with Gasteiger partial charge in [0.1, 0.15) is 5.78 Å². The summed E-state index contributed by atoms with van der Waals surface area (Å²) in [6, 6.07) is 0. The third kappa shape index (κ3) is 1.72. The van der Waals surface area contributed by atoms with Crippen molar-refractivity contribution in [2.24, 2.45) is 29.1 Å². The van der Waals surface area contributed by atoms with Crippen molar-refractivity contribution in [2.45, 2.75) is 64.4 Å². The molecule has 0 aromatic rings. The molecule has 4 rings (SSSR count). The SMILES string of the molecule is CC1CC2=CC(=O)CCC2(O)C2CC[C@]3(C)C(=O)CCC3C12. The van der Waals surface area contributed by atoms with Gasteiger partial charge in [0.2, 0.25) is 0 Å². The maximum atomic E-state index is 12.4. The molecule has 0 spiro atoms. The summed E-state index contributed by atoms with van der Waals surface area (Å²) >= 11 is 0. The highest BCUT2D eigenvalue weighted by atomic mass is 16.3. The smallest absolute Gasteiger partial charge is 0.155 e. The Balaban J connectivity index is 1.75. The van der Waals surface area contributed by atoms with Crippen LogP contribution in [0.5, 0.6) is 0 Å². The number of Topliss-reactive ketones (excluding diaryl/α,β-unsaturated/α-hetero) is 1. The van der Waals surface area contributed by atoms with Crippen LogP contribution in [0.3, 0.4) is 0 Å². The van der Waals surface area contributed by atoms with E-state index in [-0.39, 0.29) is 17.1 Å². The normalized spacial score (nSPS) is 51.0. The van der Waals surface area contributed by atoms with Crippen LogP contribution in [0, 0.1) is 29.1 Å². The molecule has 3 heteroatoms. The minimum absolute atomic E-state index is 0.155. The van der Waals surface area contributed by atoms with Crippen LogP contribution in [0.2, 0.25) is 0 Å². The summed E-state index contributed by atoms with van der Waals surface area (Å²) in [6.45, 7) is 4.42. The van der Waals surface area contributed by atoms with Crippen LogP contribution in [0.15, 0.2) is 11.6 Å². The van der Waals surface area contributed by atoms with Gasteiger partial charge in [0.15, 0.2) is 5.78 Å². The van der Waals surface area contributed by atoms with E-state index in [4.69, 9.17) is 0 Å². The molecule has 4 aliphatic carbocycles. The number of hydrogen-bond donors (Lipinski definition) is 1. The third-order valence-electron chi connectivity index (χ3n) is 7.50. The Morgan fingerprint density at radius 2 is 1.91 bits per heavy atom. The Bertz CT molecular complexity index is 577. The molecule has 22 heavy (non-hydrogen) atoms. The summed E-state index contributed by atoms with van der Waals surface area (Å²) in [5.41, 5.74) is 0.0423. The van der Waals surface area contributed by atoms with E-state index in [1.54, 1.807) is 6.08 Å². The van der Waals surface area contributed by atoms with Gasteiger partial charge in [-0.25, -0.2) is 0 Å². The van der Waals surface area contributed by atoms with Crippen molar-refractivity contribution in [2.75, 3.05) is 0 Å². The fourth-order valence-corrected chi connectivity index (χ4v) is 6.33. The van der Waals surface area contributed by atoms with E-state index >= 15 is 0 Å². The first-order valence-corrected chi connectivity index (χ1v) is 8.86. The van der Waals surface area contributed by atoms with Gasteiger partial charge in [-0.1, -0.05) is 13.8 Å². The Kier molecular flexibility index (Phi) is 3.01. The van der Waals surface area contributed by atoms with Crippen molar-refractivity contribution in [3.8, 4) is 0 Å². The maximum absolute atomic E-state index is 12.4. The van der Waals surface area contributed by atoms with Gasteiger partial charge in [-0.15, -0.1) is 0 Å². The molecule has 120 valence electrons. The van der Waals surface area contributed by atoms with Gasteiger partial charge in [-0.3, -0.25) is 9.59 Å². The fourth-order valence-electron chi connectivity index (χ4n) is 6.33. The summed E-state index contributed by atoms with van der Waals surface area (Å²) < 4.78 is 0. The molecular formula is C19H26O3. The van der Waals surface area contributed by atoms with Crippen LogP contribution in [-0.2, 0) is 9.59 Å². The predicted octanol–water partition coefficient (Wildman–Crippen LogP) is 3.06. The predicted molar refractivity (Wildman–Crippen MR) is 83.1 cm³/mol. The minimum atomic E-state index is -0.780. The molecule has 0 amide bonds. The first-order valence-electron chi connectivity index (χ1n) is 8.86. The van der Waals surface area contributed by atoms with Gasteiger partial charge < -0.3 is 5.11 Å². The van der Waals surface area contributed by atoms with Crippen molar-refractivity contribution in [1.29, 1.82) is 0 Å². The number of rotatable bonds is 0. The van der Waals surface area contributed by atoms with Gasteiger partial charge in [0.05, 0.1) is 5.60 Å². The zero-order valence-corrected chi connectivity index (χ0v) is 13.6. The minimum Gasteiger partial charge on any atom is -0.385 e. The maximum Gasteiger partial charge on any atom is 0.155 e. The molecule has 4 aliphatic rings. The zero-order chi connectivity index (χ0) is 15.7. The lowest BCUT2D eigenvalue weighted by atomic mass is 9.48. The van der Waals surface area contributed by atoms with E-state index in [2.05, 4.69) is 13.8 Å². The highest BCUT2D eigenvalue weighted by Gasteiger charge is 2.61. The van der Waals surface area contributed by atoms with Gasteiger partial charge in [0.25, 0.3) is 0 Å². The lowest BCUT2D eigenvalue weighted by molar-refractivity contribution is -0.144. The van der Waals surface area contributed by atoms with E-state index in [1.165, 1.54) is 0 Å². The topological polar surface area (TPSA) is 54.4 Å². The van der Waals surface area contributed by atoms with E-state index < -0.39 is 5.60 Å². The van der Waals surface area contributed by atoms with E-state index in [9.17, 15) is 14.7 Å². The second kappa shape index (κ2) is 4.53. The number of carbonyl (C=O) groups excluding carboxylic acids is 2. The molecule has 3 saturated carbocycles. The van der Waals surface area contributed by atoms with Crippen molar-refractivity contribution >= 4 is 11.6 Å². The Morgan fingerprint density at radius 1 is 1.14 bits per heavy atom. The number of hydrogen-bond acceptors (Lipinski definition) is 3. The monoisotopic (exact) mass is 302 g/mol. The molecule has 3 fully saturated rings. The fraction of sp³-hybridized carbons (Fsp3) is 0.789. The lowest BCUT2D eigenvalue weighted by Gasteiger charge is -2.57. The number of aliphatic hydroxyl groups is 1. The van der Waals surface area contributed by atoms with Gasteiger partial charge in [0, 0.05) is 18.3 Å². The molecule has 3 nitrogen and oxygen atoms in total. The summed E-state index contributed by atoms with van der Waals surface area (Å²) in [5.74, 6) is 2.16. The zero-order valence-electron chi connectivity index (χ0n) is 13.6. The van der Waals surface area contributed by atoms with Crippen molar-refractivity contribution in [3.63, 3.8) is 0 Å². The number of fused-ring (bicyclic) bond motifs is 5. The first kappa shape index (κ1) is 14.6. The van der Waals surface area contributed by atoms with E-state index in [0.717, 1.165) is 37.7 Å². The lowest BCUT2D eigenvalue weighted by Crippen LogP contribution is -2.57. The number of ketones is 2. The number of carbonyl (C=O) groups is 2. The molecule has 0 radical (unpaired) electrons. The van der Waals surface area contributed by atoms with Crippen molar-refractivity contribution < 1.29 is 14.7 Å². The average molecular weight is 302 g/mol. The molecule has 0 saturated heterocycles. The summed E-state index contributed by atoms with van der Waals surface area (Å²) in [4.78, 5) is 24.2. The second-order valence-corrected chi connectivity index (χ2v) is 8.45. The summed E-state index contributed by atoms with van der Waals surface area (Å²) in [5, 5.41) is 11.4. The van der Waals surface area contributed by atoms with Gasteiger partial charge in [-0.2, -0.15) is 0 Å². The Labute approximate surface area is 132 Å². The van der Waals surface area contributed by atoms with Crippen molar-refractivity contribution in [3.05, 3.63) is 11.6 Å². The highest BCUT2D eigenvalue weighted by molar-refractivity contribution is 5.92. The van der Waals surface area contributed by atoms with Crippen LogP contribution in [-0.4, -0.2) is 22.3 Å². The van der Waals surface area contributed by atoms with Crippen molar-refractivity contribution in [1.82, 2.24) is 0 Å². The highest BCUT2D eigenvalue weighted by Crippen LogP contribution is 2.63. The molecule has 0 aliphatic heterocycles. The van der Waals surface area contributed by atoms with Gasteiger partial charge in [-0.05, 0) is 67.4 Å². The molecule has 6 atom stereocenters. The summed E-state index contributed by atoms with van der Waals surface area (Å²) in [7, 11) is 0. The van der Waals surface area contributed by atoms with Crippen LogP contribution in [0.1, 0.15) is 58.8 Å². The van der Waals surface area contributed by atoms with E-state index in [0.29, 0.717) is 36.4 Å². The van der Waals surface area contributed by atoms with Crippen LogP contribution < -0.4 is 0 Å². The third-order valence-corrected chi connectivity index (χ3v) is 7.50. The molecule has 0 bridgehead atoms. The standard InChI is InChI=1S/C19H26O3/c1-11-9-12-10-13(20)5-8-19(12,22)15-6-7-18(2)14(17(11)15)3-4-16(18)21/h10-11,14-15,17,22H,3-9H2,1-2H3/t11?,14?,15?,17?,18-,19?/m0/s1. The summed E-state index contributed by atoms with van der Waals surface area (Å²) in [6.07, 6.45) is 7.16. The van der Waals surface area contributed by atoms with E-state index in [1.807, 2.05) is 0 Å². The molecular weight excluding hydrogens is 276 g/mol. The van der Waals surface area contributed by atoms with Gasteiger partial charge >= 0.3 is 0 Å². The quantitative estimate of drug-likeness (QED) is 0.748. The Morgan fingerprint density at radius 3 is 2.68 bits per heavy atom. The Hall–Kier alpha value is -0.960. The molecule has 0 aromatic carbocycles. The molecule has 0 aromatic heterocycles. The van der Waals surface area contributed by atoms with Crippen LogP contribution in [0.4, 0.5) is 0 Å². The largest absolute Gasteiger partial charge is 0.385 e.